The minimum atomic E-state index is -4.47. The quantitative estimate of drug-likeness (QED) is 0.772. The third-order valence-corrected chi connectivity index (χ3v) is 4.75. The van der Waals surface area contributed by atoms with Crippen LogP contribution in [-0.2, 0) is 15.8 Å². The fraction of sp³-hybridized carbons (Fsp3) is 0.429. The van der Waals surface area contributed by atoms with Crippen molar-refractivity contribution in [2.45, 2.75) is 19.5 Å². The number of halogens is 4. The first kappa shape index (κ1) is 17.3. The van der Waals surface area contributed by atoms with Crippen molar-refractivity contribution in [3.05, 3.63) is 28.2 Å². The molecular weight excluding hydrogens is 383 g/mol. The summed E-state index contributed by atoms with van der Waals surface area (Å²) in [5, 5.41) is -0.0345. The fourth-order valence-electron chi connectivity index (χ4n) is 2.27. The van der Waals surface area contributed by atoms with Gasteiger partial charge in [0.1, 0.15) is 0 Å². The molecule has 0 N–H and O–H groups in total. The average Bonchev–Trinajstić information content (AvgIpc) is 2.76. The number of hydrogen-bond acceptors (Lipinski definition) is 3. The highest BCUT2D eigenvalue weighted by Gasteiger charge is 2.34. The molecule has 3 nitrogen and oxygen atoms in total. The summed E-state index contributed by atoms with van der Waals surface area (Å²) < 4.78 is 38.8. The Morgan fingerprint density at radius 3 is 2.68 bits per heavy atom. The summed E-state index contributed by atoms with van der Waals surface area (Å²) in [7, 11) is 0. The van der Waals surface area contributed by atoms with E-state index in [9.17, 15) is 22.8 Å². The zero-order valence-electron chi connectivity index (χ0n) is 11.6. The highest BCUT2D eigenvalue weighted by molar-refractivity contribution is 9.10. The van der Waals surface area contributed by atoms with Gasteiger partial charge in [-0.3, -0.25) is 9.59 Å². The van der Waals surface area contributed by atoms with Crippen LogP contribution in [0.5, 0.6) is 0 Å². The third kappa shape index (κ3) is 4.25. The van der Waals surface area contributed by atoms with Gasteiger partial charge in [-0.15, -0.1) is 0 Å². The topological polar surface area (TPSA) is 37.4 Å². The number of hydrogen-bond donors (Lipinski definition) is 0. The summed E-state index contributed by atoms with van der Waals surface area (Å²) in [5.41, 5.74) is -0.576. The van der Waals surface area contributed by atoms with Gasteiger partial charge in [-0.1, -0.05) is 27.7 Å². The van der Waals surface area contributed by atoms with Gasteiger partial charge >= 0.3 is 6.18 Å². The molecule has 1 amide bonds. The second-order valence-electron chi connectivity index (χ2n) is 5.07. The van der Waals surface area contributed by atoms with Crippen LogP contribution in [0.25, 0.3) is 0 Å². The minimum Gasteiger partial charge on any atom is -0.312 e. The van der Waals surface area contributed by atoms with Gasteiger partial charge in [0.25, 0.3) is 0 Å². The molecule has 1 atom stereocenters. The molecule has 1 fully saturated rings. The number of thioether (sulfide) groups is 1. The number of amides is 1. The van der Waals surface area contributed by atoms with Gasteiger partial charge in [-0.2, -0.15) is 13.2 Å². The molecule has 0 bridgehead atoms. The molecule has 1 saturated heterocycles. The van der Waals surface area contributed by atoms with Gasteiger partial charge in [-0.05, 0) is 24.1 Å². The van der Waals surface area contributed by atoms with Crippen molar-refractivity contribution >= 4 is 44.4 Å². The Hall–Kier alpha value is -1.02. The second-order valence-corrected chi connectivity index (χ2v) is 7.19. The summed E-state index contributed by atoms with van der Waals surface area (Å²) in [4.78, 5) is 24.4. The Bertz CT molecular complexity index is 606. The van der Waals surface area contributed by atoms with E-state index in [1.165, 1.54) is 17.9 Å². The van der Waals surface area contributed by atoms with E-state index in [1.54, 1.807) is 0 Å². The molecule has 1 aromatic carbocycles. The summed E-state index contributed by atoms with van der Waals surface area (Å²) in [6, 6.07) is 3.45. The predicted molar refractivity (Wildman–Crippen MR) is 82.7 cm³/mol. The fourth-order valence-corrected chi connectivity index (χ4v) is 3.45. The Kier molecular flexibility index (Phi) is 5.21. The maximum Gasteiger partial charge on any atom is 0.416 e. The van der Waals surface area contributed by atoms with Gasteiger partial charge in [0.15, 0.2) is 5.12 Å². The standard InChI is InChI=1S/C14H13BrF3NO2S/c1-8(20)22-7-9-2-13(21)19(6-9)12-4-10(14(16,17)18)3-11(15)5-12/h3-5,9H,2,6-7H2,1H3. The first-order valence-corrected chi connectivity index (χ1v) is 8.26. The maximum absolute atomic E-state index is 12.9. The van der Waals surface area contributed by atoms with Crippen molar-refractivity contribution < 1.29 is 22.8 Å². The SMILES string of the molecule is CC(=O)SCC1CC(=O)N(c2cc(Br)cc(C(F)(F)F)c2)C1. The Balaban J connectivity index is 2.19. The lowest BCUT2D eigenvalue weighted by Gasteiger charge is -2.19. The molecule has 1 aliphatic heterocycles. The van der Waals surface area contributed by atoms with Gasteiger partial charge in [0.05, 0.1) is 5.56 Å². The number of anilines is 1. The molecule has 0 aliphatic carbocycles. The highest BCUT2D eigenvalue weighted by Crippen LogP contribution is 2.36. The molecule has 1 aromatic rings. The van der Waals surface area contributed by atoms with Crippen LogP contribution in [0.3, 0.4) is 0 Å². The van der Waals surface area contributed by atoms with Crippen molar-refractivity contribution in [2.75, 3.05) is 17.2 Å². The lowest BCUT2D eigenvalue weighted by atomic mass is 10.1. The molecule has 120 valence electrons. The Morgan fingerprint density at radius 2 is 2.09 bits per heavy atom. The number of carbonyl (C=O) groups is 2. The van der Waals surface area contributed by atoms with E-state index in [0.717, 1.165) is 23.9 Å². The third-order valence-electron chi connectivity index (χ3n) is 3.25. The van der Waals surface area contributed by atoms with Crippen molar-refractivity contribution in [2.24, 2.45) is 5.92 Å². The van der Waals surface area contributed by atoms with Gasteiger partial charge in [0, 0.05) is 35.8 Å². The van der Waals surface area contributed by atoms with Crippen molar-refractivity contribution in [3.63, 3.8) is 0 Å². The van der Waals surface area contributed by atoms with E-state index in [0.29, 0.717) is 12.3 Å². The lowest BCUT2D eigenvalue weighted by Crippen LogP contribution is -2.25. The van der Waals surface area contributed by atoms with Crippen LogP contribution in [0.4, 0.5) is 18.9 Å². The summed E-state index contributed by atoms with van der Waals surface area (Å²) in [5.74, 6) is 0.243. The molecule has 0 aromatic heterocycles. The minimum absolute atomic E-state index is 0.0327. The molecule has 1 heterocycles. The van der Waals surface area contributed by atoms with E-state index in [-0.39, 0.29) is 33.5 Å². The molecule has 1 aliphatic rings. The largest absolute Gasteiger partial charge is 0.416 e. The second kappa shape index (κ2) is 6.62. The molecule has 22 heavy (non-hydrogen) atoms. The lowest BCUT2D eigenvalue weighted by molar-refractivity contribution is -0.137. The van der Waals surface area contributed by atoms with E-state index < -0.39 is 11.7 Å². The molecule has 1 unspecified atom stereocenters. The van der Waals surface area contributed by atoms with Crippen LogP contribution in [0, 0.1) is 5.92 Å². The van der Waals surface area contributed by atoms with Crippen LogP contribution < -0.4 is 4.90 Å². The van der Waals surface area contributed by atoms with Crippen LogP contribution >= 0.6 is 27.7 Å². The monoisotopic (exact) mass is 395 g/mol. The summed E-state index contributed by atoms with van der Waals surface area (Å²) in [6.07, 6.45) is -4.22. The van der Waals surface area contributed by atoms with Crippen LogP contribution in [0.1, 0.15) is 18.9 Å². The summed E-state index contributed by atoms with van der Waals surface area (Å²) >= 11 is 4.18. The van der Waals surface area contributed by atoms with Crippen molar-refractivity contribution in [1.29, 1.82) is 0 Å². The first-order chi connectivity index (χ1) is 10.2. The number of rotatable bonds is 3. The van der Waals surface area contributed by atoms with Crippen molar-refractivity contribution in [3.8, 4) is 0 Å². The molecule has 0 saturated carbocycles. The van der Waals surface area contributed by atoms with Gasteiger partial charge in [0.2, 0.25) is 5.91 Å². The van der Waals surface area contributed by atoms with E-state index in [4.69, 9.17) is 0 Å². The normalized spacial score (nSPS) is 18.9. The molecule has 0 radical (unpaired) electrons. The first-order valence-electron chi connectivity index (χ1n) is 6.48. The number of nitrogens with zero attached hydrogens (tertiary/aromatic N) is 1. The highest BCUT2D eigenvalue weighted by atomic mass is 79.9. The molecular formula is C14H13BrF3NO2S. The number of alkyl halides is 3. The van der Waals surface area contributed by atoms with Crippen LogP contribution in [0.15, 0.2) is 22.7 Å². The zero-order valence-corrected chi connectivity index (χ0v) is 14.0. The predicted octanol–water partition coefficient (Wildman–Crippen LogP) is 4.10. The molecule has 0 spiro atoms. The Morgan fingerprint density at radius 1 is 1.41 bits per heavy atom. The van der Waals surface area contributed by atoms with E-state index in [2.05, 4.69) is 15.9 Å². The van der Waals surface area contributed by atoms with Crippen molar-refractivity contribution in [1.82, 2.24) is 0 Å². The molecule has 2 rings (SSSR count). The maximum atomic E-state index is 12.9. The smallest absolute Gasteiger partial charge is 0.312 e. The molecule has 8 heteroatoms. The van der Waals surface area contributed by atoms with Gasteiger partial charge < -0.3 is 4.90 Å². The zero-order chi connectivity index (χ0) is 16.5. The Labute approximate surface area is 138 Å². The summed E-state index contributed by atoms with van der Waals surface area (Å²) in [6.45, 7) is 1.77. The van der Waals surface area contributed by atoms with Crippen LogP contribution in [0.2, 0.25) is 0 Å². The average molecular weight is 396 g/mol. The van der Waals surface area contributed by atoms with Crippen LogP contribution in [-0.4, -0.2) is 23.3 Å². The van der Waals surface area contributed by atoms with Gasteiger partial charge in [-0.25, -0.2) is 0 Å². The van der Waals surface area contributed by atoms with E-state index >= 15 is 0 Å². The van der Waals surface area contributed by atoms with E-state index in [1.807, 2.05) is 0 Å². The number of benzene rings is 1. The number of carbonyl (C=O) groups excluding carboxylic acids is 2.